The molecule has 0 aliphatic heterocycles. The van der Waals surface area contributed by atoms with Crippen LogP contribution in [0.4, 0.5) is 0 Å². The van der Waals surface area contributed by atoms with E-state index in [1.807, 2.05) is 0 Å². The van der Waals surface area contributed by atoms with Crippen LogP contribution in [-0.2, 0) is 38.2 Å². The number of ether oxygens (including phenoxy) is 3. The van der Waals surface area contributed by atoms with Gasteiger partial charge in [-0.3, -0.25) is 19.2 Å². The van der Waals surface area contributed by atoms with Crippen LogP contribution in [0.3, 0.4) is 0 Å². The van der Waals surface area contributed by atoms with Crippen molar-refractivity contribution >= 4 is 29.7 Å². The summed E-state index contributed by atoms with van der Waals surface area (Å²) in [5, 5.41) is 4.94. The summed E-state index contributed by atoms with van der Waals surface area (Å²) in [6, 6.07) is -2.27. The molecule has 10 nitrogen and oxygen atoms in total. The van der Waals surface area contributed by atoms with Gasteiger partial charge in [0.05, 0.1) is 21.3 Å². The van der Waals surface area contributed by atoms with Crippen LogP contribution in [0.1, 0.15) is 27.7 Å². The van der Waals surface area contributed by atoms with Crippen molar-refractivity contribution in [1.29, 1.82) is 0 Å². The van der Waals surface area contributed by atoms with Crippen LogP contribution in [-0.4, -0.2) is 63.1 Å². The van der Waals surface area contributed by atoms with E-state index in [1.54, 1.807) is 13.8 Å². The first-order chi connectivity index (χ1) is 12.5. The molecule has 0 saturated heterocycles. The summed E-state index contributed by atoms with van der Waals surface area (Å²) in [6.45, 7) is 6.09. The van der Waals surface area contributed by atoms with Crippen molar-refractivity contribution in [2.24, 2.45) is 17.8 Å². The number of carbonyl (C=O) groups excluding carboxylic acids is 5. The number of hydrogen-bond donors (Lipinski definition) is 2. The van der Waals surface area contributed by atoms with Crippen LogP contribution in [0.5, 0.6) is 0 Å². The van der Waals surface area contributed by atoms with E-state index in [0.29, 0.717) is 0 Å². The highest BCUT2D eigenvalue weighted by Crippen LogP contribution is 2.21. The summed E-state index contributed by atoms with van der Waals surface area (Å²) in [6.07, 6.45) is 0. The first-order valence-electron chi connectivity index (χ1n) is 8.32. The molecule has 0 heterocycles. The lowest BCUT2D eigenvalue weighted by atomic mass is 9.86. The lowest BCUT2D eigenvalue weighted by molar-refractivity contribution is -0.163. The topological polar surface area (TPSA) is 137 Å². The van der Waals surface area contributed by atoms with E-state index >= 15 is 0 Å². The molecule has 0 spiro atoms. The number of carbonyl (C=O) groups is 5. The number of amides is 2. The van der Waals surface area contributed by atoms with Crippen LogP contribution in [0.2, 0.25) is 0 Å². The van der Waals surface area contributed by atoms with Gasteiger partial charge in [-0.05, 0) is 5.92 Å². The van der Waals surface area contributed by atoms with Crippen LogP contribution in [0.25, 0.3) is 0 Å². The largest absolute Gasteiger partial charge is 0.468 e. The van der Waals surface area contributed by atoms with Crippen molar-refractivity contribution in [1.82, 2.24) is 10.6 Å². The van der Waals surface area contributed by atoms with E-state index in [1.165, 1.54) is 13.8 Å². The fourth-order valence-electron chi connectivity index (χ4n) is 2.50. The van der Waals surface area contributed by atoms with Crippen LogP contribution in [0.15, 0.2) is 0 Å². The van der Waals surface area contributed by atoms with E-state index in [2.05, 4.69) is 24.8 Å². The van der Waals surface area contributed by atoms with Gasteiger partial charge in [0, 0.05) is 12.8 Å². The molecule has 0 unspecified atom stereocenters. The molecule has 0 fully saturated rings. The van der Waals surface area contributed by atoms with Gasteiger partial charge in [-0.15, -0.1) is 0 Å². The maximum absolute atomic E-state index is 12.6. The van der Waals surface area contributed by atoms with Gasteiger partial charge in [0.2, 0.25) is 11.8 Å². The summed E-state index contributed by atoms with van der Waals surface area (Å²) in [5.74, 6) is -6.54. The normalized spacial score (nSPS) is 14.0. The molecule has 27 heavy (non-hydrogen) atoms. The Morgan fingerprint density at radius 2 is 1.15 bits per heavy atom. The van der Waals surface area contributed by atoms with Crippen LogP contribution < -0.4 is 10.6 Å². The second kappa shape index (κ2) is 11.1. The molecule has 154 valence electrons. The molecule has 0 radical (unpaired) electrons. The Morgan fingerprint density at radius 1 is 0.704 bits per heavy atom. The molecule has 2 N–H and O–H groups in total. The summed E-state index contributed by atoms with van der Waals surface area (Å²) in [5.41, 5.74) is 0. The van der Waals surface area contributed by atoms with Gasteiger partial charge in [0.15, 0.2) is 5.92 Å². The molecule has 0 aliphatic carbocycles. The van der Waals surface area contributed by atoms with Gasteiger partial charge < -0.3 is 24.8 Å². The van der Waals surface area contributed by atoms with Crippen LogP contribution >= 0.6 is 0 Å². The zero-order valence-electron chi connectivity index (χ0n) is 16.7. The van der Waals surface area contributed by atoms with Crippen LogP contribution in [0, 0.1) is 17.8 Å². The molecule has 0 aromatic carbocycles. The smallest absolute Gasteiger partial charge is 0.328 e. The first-order valence-corrected chi connectivity index (χ1v) is 8.32. The molecule has 3 atom stereocenters. The van der Waals surface area contributed by atoms with E-state index in [0.717, 1.165) is 21.3 Å². The van der Waals surface area contributed by atoms with Crippen molar-refractivity contribution in [3.63, 3.8) is 0 Å². The quantitative estimate of drug-likeness (QED) is 0.304. The van der Waals surface area contributed by atoms with E-state index in [4.69, 9.17) is 0 Å². The fraction of sp³-hybridized carbons (Fsp3) is 0.706. The Morgan fingerprint density at radius 3 is 1.48 bits per heavy atom. The third kappa shape index (κ3) is 6.87. The van der Waals surface area contributed by atoms with Gasteiger partial charge in [-0.2, -0.15) is 0 Å². The number of rotatable bonds is 9. The van der Waals surface area contributed by atoms with Crippen molar-refractivity contribution in [2.45, 2.75) is 39.8 Å². The van der Waals surface area contributed by atoms with E-state index < -0.39 is 53.6 Å². The van der Waals surface area contributed by atoms with Gasteiger partial charge in [-0.25, -0.2) is 4.79 Å². The second-order valence-corrected chi connectivity index (χ2v) is 6.31. The third-order valence-corrected chi connectivity index (χ3v) is 4.02. The lowest BCUT2D eigenvalue weighted by Crippen LogP contribution is -2.57. The Kier molecular flexibility index (Phi) is 10.1. The molecular formula is C17H28N2O8. The Hall–Kier alpha value is -2.65. The maximum Gasteiger partial charge on any atom is 0.328 e. The molecule has 0 aromatic rings. The first kappa shape index (κ1) is 24.4. The molecular weight excluding hydrogens is 360 g/mol. The molecule has 0 saturated carbocycles. The third-order valence-electron chi connectivity index (χ3n) is 4.02. The number of nitrogens with one attached hydrogen (secondary N) is 2. The van der Waals surface area contributed by atoms with Crippen molar-refractivity contribution in [2.75, 3.05) is 21.3 Å². The second-order valence-electron chi connectivity index (χ2n) is 6.31. The molecule has 0 bridgehead atoms. The van der Waals surface area contributed by atoms with Gasteiger partial charge in [0.1, 0.15) is 12.1 Å². The molecule has 0 rings (SSSR count). The summed E-state index contributed by atoms with van der Waals surface area (Å²) < 4.78 is 13.9. The van der Waals surface area contributed by atoms with Gasteiger partial charge in [0.25, 0.3) is 0 Å². The van der Waals surface area contributed by atoms with E-state index in [-0.39, 0.29) is 5.92 Å². The minimum absolute atomic E-state index is 0.278. The summed E-state index contributed by atoms with van der Waals surface area (Å²) in [7, 11) is 3.28. The van der Waals surface area contributed by atoms with Gasteiger partial charge in [-0.1, -0.05) is 20.8 Å². The van der Waals surface area contributed by atoms with Crippen molar-refractivity contribution in [3.8, 4) is 0 Å². The fourth-order valence-corrected chi connectivity index (χ4v) is 2.50. The number of hydrogen-bond acceptors (Lipinski definition) is 8. The summed E-state index contributed by atoms with van der Waals surface area (Å²) >= 11 is 0. The Bertz CT molecular complexity index is 559. The van der Waals surface area contributed by atoms with Crippen molar-refractivity contribution in [3.05, 3.63) is 0 Å². The minimum atomic E-state index is -1.46. The monoisotopic (exact) mass is 388 g/mol. The maximum atomic E-state index is 12.6. The average molecular weight is 388 g/mol. The minimum Gasteiger partial charge on any atom is -0.468 e. The predicted molar refractivity (Wildman–Crippen MR) is 93.1 cm³/mol. The number of esters is 3. The average Bonchev–Trinajstić information content (AvgIpc) is 2.62. The molecule has 10 heteroatoms. The number of methoxy groups -OCH3 is 3. The predicted octanol–water partition coefficient (Wildman–Crippen LogP) is -0.597. The summed E-state index contributed by atoms with van der Waals surface area (Å²) in [4.78, 5) is 60.1. The Balaban J connectivity index is 5.73. The molecule has 0 aromatic heterocycles. The molecule has 2 amide bonds. The van der Waals surface area contributed by atoms with Crippen molar-refractivity contribution < 1.29 is 38.2 Å². The molecule has 0 aliphatic rings. The Labute approximate surface area is 158 Å². The standard InChI is InChI=1S/C17H28N2O8/c1-8(2)12(18-10(4)20)14(21)19-13(17(24)27-7)9(3)11(15(22)25-5)16(23)26-6/h8-9,11-13H,1-7H3,(H,18,20)(H,19,21)/t9-,12+,13+/m0/s1. The zero-order chi connectivity index (χ0) is 21.3. The lowest BCUT2D eigenvalue weighted by Gasteiger charge is -2.29. The highest BCUT2D eigenvalue weighted by Gasteiger charge is 2.43. The SMILES string of the molecule is COC(=O)C(C(=O)OC)[C@H](C)[C@@H](NC(=O)[C@H](NC(C)=O)C(C)C)C(=O)OC. The highest BCUT2D eigenvalue weighted by molar-refractivity contribution is 5.97. The highest BCUT2D eigenvalue weighted by atomic mass is 16.5. The zero-order valence-corrected chi connectivity index (χ0v) is 16.7. The van der Waals surface area contributed by atoms with E-state index in [9.17, 15) is 24.0 Å². The van der Waals surface area contributed by atoms with Gasteiger partial charge >= 0.3 is 17.9 Å².